The highest BCUT2D eigenvalue weighted by Crippen LogP contribution is 2.40. The molecule has 0 aliphatic carbocycles. The van der Waals surface area contributed by atoms with E-state index in [-0.39, 0.29) is 48.6 Å². The summed E-state index contributed by atoms with van der Waals surface area (Å²) in [4.78, 5) is 53.3. The Hall–Kier alpha value is -4.51. The number of pyridine rings is 2. The third kappa shape index (κ3) is 4.01. The number of fused-ring (bicyclic) bond motifs is 5. The molecule has 2 aliphatic rings. The van der Waals surface area contributed by atoms with E-state index in [4.69, 9.17) is 19.6 Å². The fraction of sp³-hybridized carbons (Fsp3) is 0.296. The Morgan fingerprint density at radius 2 is 2.03 bits per heavy atom. The molecule has 1 amide bonds. The van der Waals surface area contributed by atoms with E-state index in [9.17, 15) is 24.3 Å². The number of carboxylic acids is 1. The van der Waals surface area contributed by atoms with Crippen molar-refractivity contribution in [2.24, 2.45) is 0 Å². The molecule has 0 bridgehead atoms. The van der Waals surface area contributed by atoms with Gasteiger partial charge in [0, 0.05) is 29.1 Å². The second-order valence-electron chi connectivity index (χ2n) is 9.06. The molecule has 0 spiro atoms. The van der Waals surface area contributed by atoms with E-state index < -0.39 is 23.6 Å². The summed E-state index contributed by atoms with van der Waals surface area (Å²) in [5.74, 6) is -1.61. The molecule has 5 rings (SSSR count). The van der Waals surface area contributed by atoms with Gasteiger partial charge in [0.15, 0.2) is 5.60 Å². The van der Waals surface area contributed by atoms with E-state index in [0.29, 0.717) is 23.3 Å². The minimum absolute atomic E-state index is 0.00519. The number of cyclic esters (lactones) is 1. The van der Waals surface area contributed by atoms with Gasteiger partial charge in [-0.05, 0) is 42.7 Å². The lowest BCUT2D eigenvalue weighted by atomic mass is 9.86. The van der Waals surface area contributed by atoms with Gasteiger partial charge in [0.05, 0.1) is 29.0 Å². The molecule has 3 aromatic rings. The highest BCUT2D eigenvalue weighted by Gasteiger charge is 2.45. The number of ether oxygens (including phenoxy) is 2. The third-order valence-electron chi connectivity index (χ3n) is 6.97. The largest absolute Gasteiger partial charge is 0.478 e. The minimum Gasteiger partial charge on any atom is -0.478 e. The molecule has 0 unspecified atom stereocenters. The number of nitrogens with zero attached hydrogens (tertiary/aromatic N) is 2. The number of amides is 1. The van der Waals surface area contributed by atoms with Crippen molar-refractivity contribution in [1.82, 2.24) is 14.9 Å². The number of hydrogen-bond donors (Lipinski definition) is 3. The molecule has 0 saturated carbocycles. The van der Waals surface area contributed by atoms with Crippen LogP contribution in [0.4, 0.5) is 4.79 Å². The van der Waals surface area contributed by atoms with Gasteiger partial charge in [-0.15, -0.1) is 0 Å². The minimum atomic E-state index is -1.90. The molecular formula is C27H25N3O8. The summed E-state index contributed by atoms with van der Waals surface area (Å²) in [6, 6.07) is 6.67. The molecule has 11 nitrogen and oxygen atoms in total. The average molecular weight is 520 g/mol. The molecule has 2 aromatic heterocycles. The fourth-order valence-corrected chi connectivity index (χ4v) is 5.05. The summed E-state index contributed by atoms with van der Waals surface area (Å²) < 4.78 is 12.1. The highest BCUT2D eigenvalue weighted by molar-refractivity contribution is 5.90. The number of benzene rings is 1. The molecule has 0 radical (unpaired) electrons. The highest BCUT2D eigenvalue weighted by atomic mass is 16.6. The molecule has 0 fully saturated rings. The van der Waals surface area contributed by atoms with E-state index in [1.165, 1.54) is 6.08 Å². The summed E-state index contributed by atoms with van der Waals surface area (Å²) in [6.45, 7) is 3.69. The summed E-state index contributed by atoms with van der Waals surface area (Å²) in [5, 5.41) is 22.9. The second-order valence-corrected chi connectivity index (χ2v) is 9.06. The Balaban J connectivity index is 1.54. The summed E-state index contributed by atoms with van der Waals surface area (Å²) >= 11 is 0. The number of aliphatic hydroxyl groups is 1. The van der Waals surface area contributed by atoms with Gasteiger partial charge in [0.1, 0.15) is 12.4 Å². The molecule has 38 heavy (non-hydrogen) atoms. The van der Waals surface area contributed by atoms with Crippen molar-refractivity contribution in [1.29, 1.82) is 0 Å². The van der Waals surface area contributed by atoms with Gasteiger partial charge in [-0.2, -0.15) is 0 Å². The number of hydrogen-bond acceptors (Lipinski definition) is 8. The maximum Gasteiger partial charge on any atom is 0.412 e. The standard InChI is InChI=1S/C27H25N3O8/c1-3-15-16-10-14(38-26(35)28-9-5-6-22(31)32)7-8-20(16)29-23-17(15)12-30-21(23)11-19-18(24(30)33)13-37-25(34)27(19,36)4-2/h5-8,10-11,36H,3-4,9,12-13H2,1-2H3,(H,28,35)(H,31,32)/b6-5+/t27-/m0/s1. The Labute approximate surface area is 216 Å². The van der Waals surface area contributed by atoms with Crippen LogP contribution in [0.25, 0.3) is 22.3 Å². The summed E-state index contributed by atoms with van der Waals surface area (Å²) in [7, 11) is 0. The maximum absolute atomic E-state index is 13.4. The van der Waals surface area contributed by atoms with Gasteiger partial charge in [0.25, 0.3) is 5.56 Å². The van der Waals surface area contributed by atoms with Crippen LogP contribution in [0.1, 0.15) is 42.5 Å². The first-order valence-corrected chi connectivity index (χ1v) is 12.2. The van der Waals surface area contributed by atoms with Gasteiger partial charge >= 0.3 is 18.0 Å². The topological polar surface area (TPSA) is 157 Å². The number of rotatable bonds is 6. The summed E-state index contributed by atoms with van der Waals surface area (Å²) in [5.41, 5.74) is 1.80. The lowest BCUT2D eigenvalue weighted by molar-refractivity contribution is -0.172. The van der Waals surface area contributed by atoms with Crippen molar-refractivity contribution in [3.63, 3.8) is 0 Å². The van der Waals surface area contributed by atoms with Crippen LogP contribution in [0.2, 0.25) is 0 Å². The molecule has 11 heteroatoms. The predicted molar refractivity (Wildman–Crippen MR) is 135 cm³/mol. The normalized spacial score (nSPS) is 17.6. The maximum atomic E-state index is 13.4. The third-order valence-corrected chi connectivity index (χ3v) is 6.97. The van der Waals surface area contributed by atoms with Crippen molar-refractivity contribution in [3.8, 4) is 17.1 Å². The molecule has 3 N–H and O–H groups in total. The van der Waals surface area contributed by atoms with Crippen LogP contribution in [0.5, 0.6) is 5.75 Å². The van der Waals surface area contributed by atoms with Crippen LogP contribution >= 0.6 is 0 Å². The quantitative estimate of drug-likeness (QED) is 0.257. The molecular weight excluding hydrogens is 494 g/mol. The lowest BCUT2D eigenvalue weighted by Crippen LogP contribution is -2.44. The second kappa shape index (κ2) is 9.42. The number of aliphatic carboxylic acids is 1. The molecule has 0 saturated heterocycles. The molecule has 1 atom stereocenters. The zero-order valence-corrected chi connectivity index (χ0v) is 20.7. The first-order valence-electron chi connectivity index (χ1n) is 12.2. The van der Waals surface area contributed by atoms with Crippen molar-refractivity contribution in [3.05, 3.63) is 69.0 Å². The van der Waals surface area contributed by atoms with E-state index in [0.717, 1.165) is 22.6 Å². The van der Waals surface area contributed by atoms with Crippen LogP contribution in [0.3, 0.4) is 0 Å². The van der Waals surface area contributed by atoms with Crippen LogP contribution in [0.15, 0.2) is 41.2 Å². The van der Waals surface area contributed by atoms with Crippen molar-refractivity contribution in [2.75, 3.05) is 6.54 Å². The molecule has 2 aliphatic heterocycles. The summed E-state index contributed by atoms with van der Waals surface area (Å²) in [6.07, 6.45) is 2.14. The van der Waals surface area contributed by atoms with Crippen LogP contribution in [-0.2, 0) is 39.5 Å². The molecule has 4 heterocycles. The predicted octanol–water partition coefficient (Wildman–Crippen LogP) is 2.37. The number of aryl methyl sites for hydroxylation is 1. The van der Waals surface area contributed by atoms with Gasteiger partial charge < -0.3 is 29.6 Å². The lowest BCUT2D eigenvalue weighted by Gasteiger charge is -2.31. The smallest absolute Gasteiger partial charge is 0.412 e. The van der Waals surface area contributed by atoms with E-state index in [1.807, 2.05) is 6.92 Å². The monoisotopic (exact) mass is 519 g/mol. The number of carbonyl (C=O) groups is 3. The van der Waals surface area contributed by atoms with E-state index in [1.54, 1.807) is 35.8 Å². The van der Waals surface area contributed by atoms with Gasteiger partial charge in [-0.3, -0.25) is 4.79 Å². The van der Waals surface area contributed by atoms with E-state index >= 15 is 0 Å². The number of aromatic nitrogens is 2. The Morgan fingerprint density at radius 3 is 2.74 bits per heavy atom. The van der Waals surface area contributed by atoms with Crippen LogP contribution in [0, 0.1) is 0 Å². The number of carboxylic acid groups (broad SMARTS) is 1. The Kier molecular flexibility index (Phi) is 6.23. The Bertz CT molecular complexity index is 1610. The van der Waals surface area contributed by atoms with Crippen LogP contribution in [-0.4, -0.2) is 44.3 Å². The van der Waals surface area contributed by atoms with Crippen molar-refractivity contribution < 1.29 is 34.1 Å². The molecule has 1 aromatic carbocycles. The van der Waals surface area contributed by atoms with Crippen molar-refractivity contribution >= 4 is 28.9 Å². The van der Waals surface area contributed by atoms with Crippen LogP contribution < -0.4 is 15.6 Å². The number of nitrogens with one attached hydrogen (secondary N) is 1. The fourth-order valence-electron chi connectivity index (χ4n) is 5.05. The van der Waals surface area contributed by atoms with Crippen molar-refractivity contribution in [2.45, 2.75) is 45.4 Å². The van der Waals surface area contributed by atoms with Gasteiger partial charge in [0.2, 0.25) is 0 Å². The van der Waals surface area contributed by atoms with Gasteiger partial charge in [-0.25, -0.2) is 19.4 Å². The first kappa shape index (κ1) is 25.2. The van der Waals surface area contributed by atoms with Gasteiger partial charge in [-0.1, -0.05) is 19.9 Å². The SMILES string of the molecule is CCc1c2c(nc3ccc(OC(=O)NC/C=C/C(=O)O)cc13)-c1cc3c(c(=O)n1C2)COC(=O)[C@]3(O)CC. The zero-order valence-electron chi connectivity index (χ0n) is 20.7. The number of carbonyl (C=O) groups excluding carboxylic acids is 2. The van der Waals surface area contributed by atoms with E-state index in [2.05, 4.69) is 5.32 Å². The molecule has 196 valence electrons. The number of esters is 1. The zero-order chi connectivity index (χ0) is 27.2. The Morgan fingerprint density at radius 1 is 1.24 bits per heavy atom. The first-order chi connectivity index (χ1) is 18.2. The average Bonchev–Trinajstić information content (AvgIpc) is 3.26.